The Kier molecular flexibility index (Phi) is 2.58. The summed E-state index contributed by atoms with van der Waals surface area (Å²) in [5.74, 6) is 3.01. The number of rotatable bonds is 3. The second kappa shape index (κ2) is 4.42. The monoisotopic (exact) mass is 255 g/mol. The fraction of sp³-hybridized carbons (Fsp3) is 0.500. The lowest BCUT2D eigenvalue weighted by atomic mass is 10.3. The fourth-order valence-electron chi connectivity index (χ4n) is 2.73. The van der Waals surface area contributed by atoms with Crippen molar-refractivity contribution >= 4 is 0 Å². The molecule has 0 radical (unpaired) electrons. The molecule has 5 heteroatoms. The van der Waals surface area contributed by atoms with Crippen molar-refractivity contribution < 1.29 is 0 Å². The Balaban J connectivity index is 1.50. The predicted octanol–water partition coefficient (Wildman–Crippen LogP) is 1.57. The van der Waals surface area contributed by atoms with E-state index in [-0.39, 0.29) is 0 Å². The molecule has 1 aliphatic heterocycles. The smallest absolute Gasteiger partial charge is 0.147 e. The molecule has 0 atom stereocenters. The van der Waals surface area contributed by atoms with E-state index in [4.69, 9.17) is 0 Å². The molecule has 4 rings (SSSR count). The zero-order valence-electron chi connectivity index (χ0n) is 10.9. The van der Waals surface area contributed by atoms with E-state index < -0.39 is 0 Å². The summed E-state index contributed by atoms with van der Waals surface area (Å²) in [4.78, 5) is 6.78. The fourth-order valence-corrected chi connectivity index (χ4v) is 2.73. The van der Waals surface area contributed by atoms with Crippen molar-refractivity contribution in [1.82, 2.24) is 24.6 Å². The lowest BCUT2D eigenvalue weighted by Gasteiger charge is -2.27. The van der Waals surface area contributed by atoms with Crippen LogP contribution in [0.3, 0.4) is 0 Å². The lowest BCUT2D eigenvalue weighted by Crippen LogP contribution is -2.34. The third-order valence-corrected chi connectivity index (χ3v) is 3.92. The van der Waals surface area contributed by atoms with Gasteiger partial charge in [0.15, 0.2) is 0 Å². The quantitative estimate of drug-likeness (QED) is 0.835. The number of fused-ring (bicyclic) bond motifs is 1. The van der Waals surface area contributed by atoms with Crippen LogP contribution in [0.1, 0.15) is 36.1 Å². The summed E-state index contributed by atoms with van der Waals surface area (Å²) < 4.78 is 2.33. The molecule has 1 fully saturated rings. The van der Waals surface area contributed by atoms with Crippen LogP contribution >= 0.6 is 0 Å². The molecule has 0 saturated heterocycles. The first-order valence-corrected chi connectivity index (χ1v) is 6.94. The Morgan fingerprint density at radius 3 is 2.89 bits per heavy atom. The summed E-state index contributed by atoms with van der Waals surface area (Å²) in [7, 11) is 0. The van der Waals surface area contributed by atoms with Gasteiger partial charge in [-0.1, -0.05) is 6.07 Å². The zero-order valence-corrected chi connectivity index (χ0v) is 10.9. The van der Waals surface area contributed by atoms with Crippen molar-refractivity contribution in [3.63, 3.8) is 0 Å². The van der Waals surface area contributed by atoms with Crippen LogP contribution in [0.2, 0.25) is 0 Å². The molecule has 0 aromatic carbocycles. The van der Waals surface area contributed by atoms with Gasteiger partial charge < -0.3 is 4.57 Å². The van der Waals surface area contributed by atoms with Gasteiger partial charge in [0.25, 0.3) is 0 Å². The van der Waals surface area contributed by atoms with Crippen LogP contribution in [0.4, 0.5) is 0 Å². The minimum absolute atomic E-state index is 0.684. The molecule has 3 heterocycles. The summed E-state index contributed by atoms with van der Waals surface area (Å²) in [5.41, 5.74) is 1.12. The highest BCUT2D eigenvalue weighted by molar-refractivity contribution is 5.10. The van der Waals surface area contributed by atoms with E-state index >= 15 is 0 Å². The molecule has 0 amide bonds. The summed E-state index contributed by atoms with van der Waals surface area (Å²) in [6, 6.07) is 6.08. The van der Waals surface area contributed by atoms with E-state index in [1.165, 1.54) is 18.7 Å². The van der Waals surface area contributed by atoms with Crippen LogP contribution < -0.4 is 0 Å². The first-order chi connectivity index (χ1) is 9.40. The van der Waals surface area contributed by atoms with Crippen LogP contribution in [0.15, 0.2) is 24.4 Å². The van der Waals surface area contributed by atoms with Gasteiger partial charge in [-0.2, -0.15) is 0 Å². The molecule has 5 nitrogen and oxygen atoms in total. The molecule has 2 aliphatic rings. The molecule has 0 spiro atoms. The highest BCUT2D eigenvalue weighted by Crippen LogP contribution is 2.39. The van der Waals surface area contributed by atoms with E-state index in [2.05, 4.69) is 30.7 Å². The number of nitrogens with zero attached hydrogens (tertiary/aromatic N) is 5. The molecular formula is C14H17N5. The summed E-state index contributed by atoms with van der Waals surface area (Å²) >= 11 is 0. The number of pyridine rings is 1. The Bertz CT molecular complexity index is 573. The van der Waals surface area contributed by atoms with Crippen molar-refractivity contribution in [2.75, 3.05) is 6.54 Å². The average Bonchev–Trinajstić information content (AvgIpc) is 3.20. The molecular weight excluding hydrogens is 238 g/mol. The molecule has 19 heavy (non-hydrogen) atoms. The largest absolute Gasteiger partial charge is 0.312 e. The second-order valence-electron chi connectivity index (χ2n) is 5.43. The van der Waals surface area contributed by atoms with Crippen molar-refractivity contribution in [2.45, 2.75) is 38.4 Å². The normalized spacial score (nSPS) is 19.4. The molecule has 98 valence electrons. The highest BCUT2D eigenvalue weighted by atomic mass is 15.3. The van der Waals surface area contributed by atoms with Crippen molar-refractivity contribution in [3.8, 4) is 0 Å². The maximum absolute atomic E-state index is 4.39. The summed E-state index contributed by atoms with van der Waals surface area (Å²) in [6.45, 7) is 3.85. The first-order valence-electron chi connectivity index (χ1n) is 6.94. The van der Waals surface area contributed by atoms with E-state index in [1.54, 1.807) is 0 Å². The zero-order chi connectivity index (χ0) is 12.7. The predicted molar refractivity (Wildman–Crippen MR) is 70.3 cm³/mol. The van der Waals surface area contributed by atoms with Crippen LogP contribution in [-0.2, 0) is 19.6 Å². The molecule has 0 bridgehead atoms. The number of aromatic nitrogens is 4. The average molecular weight is 255 g/mol. The Morgan fingerprint density at radius 2 is 2.11 bits per heavy atom. The Hall–Kier alpha value is -1.75. The van der Waals surface area contributed by atoms with Gasteiger partial charge in [-0.15, -0.1) is 10.2 Å². The minimum atomic E-state index is 0.684. The maximum atomic E-state index is 4.39. The third-order valence-electron chi connectivity index (χ3n) is 3.92. The van der Waals surface area contributed by atoms with Crippen LogP contribution in [-0.4, -0.2) is 31.2 Å². The number of hydrogen-bond donors (Lipinski definition) is 0. The number of hydrogen-bond acceptors (Lipinski definition) is 4. The summed E-state index contributed by atoms with van der Waals surface area (Å²) in [6.07, 6.45) is 4.43. The van der Waals surface area contributed by atoms with Crippen LogP contribution in [0, 0.1) is 0 Å². The molecule has 0 unspecified atom stereocenters. The van der Waals surface area contributed by atoms with Crippen molar-refractivity contribution in [1.29, 1.82) is 0 Å². The van der Waals surface area contributed by atoms with Crippen molar-refractivity contribution in [2.24, 2.45) is 0 Å². The van der Waals surface area contributed by atoms with Gasteiger partial charge in [-0.25, -0.2) is 0 Å². The Morgan fingerprint density at radius 1 is 1.16 bits per heavy atom. The van der Waals surface area contributed by atoms with Crippen LogP contribution in [0.25, 0.3) is 0 Å². The van der Waals surface area contributed by atoms with Crippen LogP contribution in [0.5, 0.6) is 0 Å². The van der Waals surface area contributed by atoms with Gasteiger partial charge in [0.1, 0.15) is 11.6 Å². The SMILES string of the molecule is c1ccc(CN2CCn3c(nnc3C3CC3)C2)nc1. The topological polar surface area (TPSA) is 46.8 Å². The van der Waals surface area contributed by atoms with Gasteiger partial charge in [0.2, 0.25) is 0 Å². The summed E-state index contributed by atoms with van der Waals surface area (Å²) in [5, 5.41) is 8.73. The van der Waals surface area contributed by atoms with Gasteiger partial charge >= 0.3 is 0 Å². The highest BCUT2D eigenvalue weighted by Gasteiger charge is 2.31. The minimum Gasteiger partial charge on any atom is -0.312 e. The molecule has 2 aromatic heterocycles. The standard InChI is InChI=1S/C14H17N5/c1-2-6-15-12(3-1)9-18-7-8-19-13(10-18)16-17-14(19)11-4-5-11/h1-3,6,11H,4-5,7-10H2. The van der Waals surface area contributed by atoms with E-state index in [9.17, 15) is 0 Å². The van der Waals surface area contributed by atoms with E-state index in [0.29, 0.717) is 5.92 Å². The first kappa shape index (κ1) is 11.1. The van der Waals surface area contributed by atoms with Gasteiger partial charge in [-0.3, -0.25) is 9.88 Å². The van der Waals surface area contributed by atoms with Crippen molar-refractivity contribution in [3.05, 3.63) is 41.7 Å². The van der Waals surface area contributed by atoms with Gasteiger partial charge in [0.05, 0.1) is 12.2 Å². The van der Waals surface area contributed by atoms with E-state index in [1.807, 2.05) is 18.3 Å². The Labute approximate surface area is 112 Å². The van der Waals surface area contributed by atoms with E-state index in [0.717, 1.165) is 37.7 Å². The van der Waals surface area contributed by atoms with Gasteiger partial charge in [-0.05, 0) is 25.0 Å². The van der Waals surface area contributed by atoms with Gasteiger partial charge in [0, 0.05) is 31.7 Å². The third kappa shape index (κ3) is 2.14. The molecule has 1 saturated carbocycles. The molecule has 2 aromatic rings. The second-order valence-corrected chi connectivity index (χ2v) is 5.43. The maximum Gasteiger partial charge on any atom is 0.147 e. The molecule has 0 N–H and O–H groups in total. The lowest BCUT2D eigenvalue weighted by molar-refractivity contribution is 0.205. The molecule has 1 aliphatic carbocycles.